The van der Waals surface area contributed by atoms with Gasteiger partial charge in [0.2, 0.25) is 0 Å². The van der Waals surface area contributed by atoms with Crippen molar-refractivity contribution in [2.75, 3.05) is 6.61 Å². The van der Waals surface area contributed by atoms with E-state index in [9.17, 15) is 0 Å². The van der Waals surface area contributed by atoms with Crippen LogP contribution in [-0.2, 0) is 0 Å². The maximum atomic E-state index is 5.81. The summed E-state index contributed by atoms with van der Waals surface area (Å²) >= 11 is 0. The number of benzene rings is 1. The van der Waals surface area contributed by atoms with E-state index >= 15 is 0 Å². The second-order valence-electron chi connectivity index (χ2n) is 9.25. The summed E-state index contributed by atoms with van der Waals surface area (Å²) in [5.41, 5.74) is 1.01. The molecule has 0 spiro atoms. The van der Waals surface area contributed by atoms with E-state index in [1.807, 2.05) is 36.4 Å². The monoisotopic (exact) mass is 432 g/mol. The molecule has 0 aromatic heterocycles. The van der Waals surface area contributed by atoms with E-state index in [4.69, 9.17) is 4.74 Å². The molecule has 0 amide bonds. The van der Waals surface area contributed by atoms with Crippen molar-refractivity contribution < 1.29 is 4.74 Å². The van der Waals surface area contributed by atoms with Crippen LogP contribution in [0.1, 0.15) is 109 Å². The van der Waals surface area contributed by atoms with Crippen molar-refractivity contribution >= 4 is 0 Å². The lowest BCUT2D eigenvalue weighted by molar-refractivity contribution is 0.294. The van der Waals surface area contributed by atoms with E-state index in [1.165, 1.54) is 83.5 Å². The first-order valence-electron chi connectivity index (χ1n) is 13.2. The van der Waals surface area contributed by atoms with Crippen LogP contribution in [0.5, 0.6) is 5.75 Å². The van der Waals surface area contributed by atoms with Crippen LogP contribution in [0.15, 0.2) is 36.4 Å². The Balaban J connectivity index is 1.61. The smallest absolute Gasteiger partial charge is 0.119 e. The molecule has 1 fully saturated rings. The quantitative estimate of drug-likeness (QED) is 0.237. The number of ether oxygens (including phenoxy) is 1. The zero-order chi connectivity index (χ0) is 22.7. The fraction of sp³-hybridized carbons (Fsp3) is 0.613. The molecule has 1 aliphatic carbocycles. The molecular formula is C31H44O. The van der Waals surface area contributed by atoms with Gasteiger partial charge in [-0.2, -0.15) is 0 Å². The second-order valence-corrected chi connectivity index (χ2v) is 9.25. The molecule has 1 heteroatoms. The number of unbranched alkanes of at least 4 members (excludes halogenated alkanes) is 7. The minimum Gasteiger partial charge on any atom is -0.494 e. The van der Waals surface area contributed by atoms with Gasteiger partial charge in [0.25, 0.3) is 0 Å². The summed E-state index contributed by atoms with van der Waals surface area (Å²) in [6.45, 7) is 5.33. The summed E-state index contributed by atoms with van der Waals surface area (Å²) < 4.78 is 5.81. The SMILES string of the molecule is CCCCCCCOc1ccc(C#C/C=C/C#CC2CCC(CCCCCC)CC2)cc1. The van der Waals surface area contributed by atoms with Gasteiger partial charge in [-0.05, 0) is 74.4 Å². The van der Waals surface area contributed by atoms with Crippen molar-refractivity contribution in [2.45, 2.75) is 104 Å². The van der Waals surface area contributed by atoms with Gasteiger partial charge in [-0.3, -0.25) is 0 Å². The van der Waals surface area contributed by atoms with Gasteiger partial charge in [0, 0.05) is 11.5 Å². The van der Waals surface area contributed by atoms with Gasteiger partial charge >= 0.3 is 0 Å². The molecule has 1 nitrogen and oxygen atoms in total. The number of rotatable bonds is 12. The summed E-state index contributed by atoms with van der Waals surface area (Å²) in [6.07, 6.45) is 22.4. The molecular weight excluding hydrogens is 388 g/mol. The Morgan fingerprint density at radius 2 is 1.44 bits per heavy atom. The zero-order valence-corrected chi connectivity index (χ0v) is 20.6. The Labute approximate surface area is 198 Å². The van der Waals surface area contributed by atoms with Crippen LogP contribution in [0, 0.1) is 35.5 Å². The van der Waals surface area contributed by atoms with E-state index < -0.39 is 0 Å². The Morgan fingerprint density at radius 3 is 2.16 bits per heavy atom. The lowest BCUT2D eigenvalue weighted by atomic mass is 9.80. The van der Waals surface area contributed by atoms with Crippen molar-refractivity contribution in [3.8, 4) is 29.4 Å². The van der Waals surface area contributed by atoms with Crippen molar-refractivity contribution in [1.82, 2.24) is 0 Å². The highest BCUT2D eigenvalue weighted by Gasteiger charge is 2.19. The second kappa shape index (κ2) is 17.4. The van der Waals surface area contributed by atoms with Crippen LogP contribution >= 0.6 is 0 Å². The predicted molar refractivity (Wildman–Crippen MR) is 139 cm³/mol. The molecule has 1 aliphatic rings. The molecule has 0 atom stereocenters. The Kier molecular flexibility index (Phi) is 14.2. The summed E-state index contributed by atoms with van der Waals surface area (Å²) in [4.78, 5) is 0. The van der Waals surface area contributed by atoms with Gasteiger partial charge in [0.1, 0.15) is 5.75 Å². The average molecular weight is 433 g/mol. The Hall–Kier alpha value is -2.12. The molecule has 2 rings (SSSR count). The molecule has 174 valence electrons. The molecule has 0 heterocycles. The summed E-state index contributed by atoms with van der Waals surface area (Å²) in [5, 5.41) is 0. The van der Waals surface area contributed by atoms with E-state index in [0.29, 0.717) is 5.92 Å². The topological polar surface area (TPSA) is 9.23 Å². The van der Waals surface area contributed by atoms with Gasteiger partial charge in [0.15, 0.2) is 0 Å². The molecule has 0 unspecified atom stereocenters. The standard InChI is InChI=1S/C31H44O/c1-3-5-7-11-15-27-32-31-25-23-30(24-26-31)18-14-10-9-13-17-29-21-19-28(20-22-29)16-12-8-6-4-2/h9-10,23-26,28-29H,3-8,11-12,15-16,19-22,27H2,1-2H3/b10-9+. The molecule has 1 aromatic rings. The molecule has 1 aromatic carbocycles. The lowest BCUT2D eigenvalue weighted by Crippen LogP contribution is -2.13. The third-order valence-electron chi connectivity index (χ3n) is 6.44. The first-order chi connectivity index (χ1) is 15.8. The molecule has 1 saturated carbocycles. The van der Waals surface area contributed by atoms with Crippen molar-refractivity contribution in [2.24, 2.45) is 11.8 Å². The fourth-order valence-corrected chi connectivity index (χ4v) is 4.36. The average Bonchev–Trinajstić information content (AvgIpc) is 2.83. The molecule has 0 aliphatic heterocycles. The largest absolute Gasteiger partial charge is 0.494 e. The summed E-state index contributed by atoms with van der Waals surface area (Å²) in [7, 11) is 0. The first kappa shape index (κ1) is 26.1. The number of hydrogen-bond donors (Lipinski definition) is 0. The molecule has 0 bridgehead atoms. The maximum absolute atomic E-state index is 5.81. The van der Waals surface area contributed by atoms with Crippen LogP contribution in [0.3, 0.4) is 0 Å². The minimum atomic E-state index is 0.582. The maximum Gasteiger partial charge on any atom is 0.119 e. The van der Waals surface area contributed by atoms with Gasteiger partial charge in [-0.15, -0.1) is 0 Å². The lowest BCUT2D eigenvalue weighted by Gasteiger charge is -2.25. The fourth-order valence-electron chi connectivity index (χ4n) is 4.36. The normalized spacial score (nSPS) is 17.9. The highest BCUT2D eigenvalue weighted by atomic mass is 16.5. The van der Waals surface area contributed by atoms with Crippen LogP contribution in [0.2, 0.25) is 0 Å². The van der Waals surface area contributed by atoms with E-state index in [-0.39, 0.29) is 0 Å². The zero-order valence-electron chi connectivity index (χ0n) is 20.6. The Morgan fingerprint density at radius 1 is 0.781 bits per heavy atom. The van der Waals surface area contributed by atoms with Gasteiger partial charge in [-0.1, -0.05) is 95.3 Å². The van der Waals surface area contributed by atoms with Crippen LogP contribution < -0.4 is 4.74 Å². The third-order valence-corrected chi connectivity index (χ3v) is 6.44. The van der Waals surface area contributed by atoms with Crippen LogP contribution in [0.25, 0.3) is 0 Å². The third kappa shape index (κ3) is 12.1. The molecule has 0 radical (unpaired) electrons. The summed E-state index contributed by atoms with van der Waals surface area (Å²) in [6, 6.07) is 8.08. The van der Waals surface area contributed by atoms with Crippen molar-refractivity contribution in [1.29, 1.82) is 0 Å². The van der Waals surface area contributed by atoms with Crippen molar-refractivity contribution in [3.05, 3.63) is 42.0 Å². The van der Waals surface area contributed by atoms with E-state index in [0.717, 1.165) is 30.3 Å². The minimum absolute atomic E-state index is 0.582. The number of hydrogen-bond acceptors (Lipinski definition) is 1. The van der Waals surface area contributed by atoms with Crippen LogP contribution in [0.4, 0.5) is 0 Å². The molecule has 0 saturated heterocycles. The molecule has 0 N–H and O–H groups in total. The highest BCUT2D eigenvalue weighted by Crippen LogP contribution is 2.31. The van der Waals surface area contributed by atoms with Gasteiger partial charge < -0.3 is 4.74 Å². The number of allylic oxidation sites excluding steroid dienone is 2. The summed E-state index contributed by atoms with van der Waals surface area (Å²) in [5.74, 6) is 15.4. The van der Waals surface area contributed by atoms with Gasteiger partial charge in [-0.25, -0.2) is 0 Å². The van der Waals surface area contributed by atoms with E-state index in [2.05, 4.69) is 37.5 Å². The van der Waals surface area contributed by atoms with Gasteiger partial charge in [0.05, 0.1) is 6.61 Å². The first-order valence-corrected chi connectivity index (χ1v) is 13.2. The van der Waals surface area contributed by atoms with Crippen LogP contribution in [-0.4, -0.2) is 6.61 Å². The Bertz CT molecular complexity index is 742. The predicted octanol–water partition coefficient (Wildman–Crippen LogP) is 8.72. The molecule has 32 heavy (non-hydrogen) atoms. The highest BCUT2D eigenvalue weighted by molar-refractivity contribution is 5.40. The van der Waals surface area contributed by atoms with E-state index in [1.54, 1.807) is 0 Å². The van der Waals surface area contributed by atoms with Crippen molar-refractivity contribution in [3.63, 3.8) is 0 Å².